The van der Waals surface area contributed by atoms with Crippen LogP contribution < -0.4 is 20.3 Å². The highest BCUT2D eigenvalue weighted by Gasteiger charge is 2.15. The molecule has 146 valence electrons. The van der Waals surface area contributed by atoms with Crippen molar-refractivity contribution in [3.63, 3.8) is 0 Å². The Morgan fingerprint density at radius 3 is 2.59 bits per heavy atom. The van der Waals surface area contributed by atoms with Crippen molar-refractivity contribution < 1.29 is 19.2 Å². The van der Waals surface area contributed by atoms with E-state index in [-0.39, 0.29) is 30.5 Å². The summed E-state index contributed by atoms with van der Waals surface area (Å²) in [5.74, 6) is 0.770. The molecule has 1 aromatic heterocycles. The average molecular weight is 393 g/mol. The number of hydrogen-bond acceptors (Lipinski definition) is 6. The van der Waals surface area contributed by atoms with Crippen LogP contribution in [0.5, 0.6) is 11.5 Å². The van der Waals surface area contributed by atoms with Gasteiger partial charge in [-0.25, -0.2) is 0 Å². The quantitative estimate of drug-likeness (QED) is 0.527. The smallest absolute Gasteiger partial charge is 0.269 e. The van der Waals surface area contributed by atoms with E-state index in [4.69, 9.17) is 9.47 Å². The molecule has 29 heavy (non-hydrogen) atoms. The fraction of sp³-hybridized carbons (Fsp3) is 0.100. The largest absolute Gasteiger partial charge is 0.454 e. The van der Waals surface area contributed by atoms with E-state index < -0.39 is 4.92 Å². The number of amides is 1. The minimum absolute atomic E-state index is 0.0297. The molecule has 0 fully saturated rings. The minimum atomic E-state index is -0.489. The van der Waals surface area contributed by atoms with Gasteiger partial charge in [0.05, 0.1) is 17.0 Å². The maximum Gasteiger partial charge on any atom is 0.269 e. The van der Waals surface area contributed by atoms with Gasteiger partial charge in [0.15, 0.2) is 11.5 Å². The fourth-order valence-electron chi connectivity index (χ4n) is 2.89. The lowest BCUT2D eigenvalue weighted by Crippen LogP contribution is -2.22. The van der Waals surface area contributed by atoms with Crippen molar-refractivity contribution in [2.24, 2.45) is 0 Å². The number of nitro groups is 1. The molecule has 1 aliphatic rings. The standard InChI is InChI=1S/C20H15N3O6/c24-19-8-3-14(11-22(19)10-13-1-5-16(6-2-13)23(26)27)20(25)21-15-4-7-17-18(9-15)29-12-28-17/h1-9,11H,10,12H2,(H,21,25). The van der Waals surface area contributed by atoms with Gasteiger partial charge in [-0.3, -0.25) is 19.7 Å². The third-order valence-electron chi connectivity index (χ3n) is 4.38. The first kappa shape index (κ1) is 18.2. The van der Waals surface area contributed by atoms with Gasteiger partial charge in [-0.15, -0.1) is 0 Å². The molecule has 0 atom stereocenters. The first-order valence-corrected chi connectivity index (χ1v) is 8.64. The van der Waals surface area contributed by atoms with E-state index in [2.05, 4.69) is 5.32 Å². The number of nitro benzene ring substituents is 1. The Kier molecular flexibility index (Phi) is 4.70. The van der Waals surface area contributed by atoms with Crippen LogP contribution in [-0.2, 0) is 6.54 Å². The van der Waals surface area contributed by atoms with Gasteiger partial charge < -0.3 is 19.4 Å². The third-order valence-corrected chi connectivity index (χ3v) is 4.38. The molecule has 0 unspecified atom stereocenters. The molecular formula is C20H15N3O6. The van der Waals surface area contributed by atoms with E-state index in [9.17, 15) is 19.7 Å². The van der Waals surface area contributed by atoms with E-state index in [1.807, 2.05) is 0 Å². The van der Waals surface area contributed by atoms with Crippen LogP contribution in [0.2, 0.25) is 0 Å². The number of fused-ring (bicyclic) bond motifs is 1. The van der Waals surface area contributed by atoms with Crippen molar-refractivity contribution in [3.05, 3.63) is 92.4 Å². The minimum Gasteiger partial charge on any atom is -0.454 e. The van der Waals surface area contributed by atoms with Gasteiger partial charge in [0, 0.05) is 36.1 Å². The van der Waals surface area contributed by atoms with Crippen LogP contribution in [0.1, 0.15) is 15.9 Å². The van der Waals surface area contributed by atoms with Gasteiger partial charge in [-0.1, -0.05) is 12.1 Å². The molecule has 2 aromatic carbocycles. The number of ether oxygens (including phenoxy) is 2. The Balaban J connectivity index is 1.52. The topological polar surface area (TPSA) is 113 Å². The lowest BCUT2D eigenvalue weighted by atomic mass is 10.2. The lowest BCUT2D eigenvalue weighted by molar-refractivity contribution is -0.384. The highest BCUT2D eigenvalue weighted by Crippen LogP contribution is 2.34. The van der Waals surface area contributed by atoms with Crippen molar-refractivity contribution in [2.45, 2.75) is 6.54 Å². The molecule has 0 saturated heterocycles. The molecule has 0 aliphatic carbocycles. The van der Waals surface area contributed by atoms with E-state index in [1.165, 1.54) is 35.0 Å². The van der Waals surface area contributed by atoms with Gasteiger partial charge in [-0.05, 0) is 23.8 Å². The maximum atomic E-state index is 12.6. The van der Waals surface area contributed by atoms with Gasteiger partial charge in [0.1, 0.15) is 0 Å². The van der Waals surface area contributed by atoms with Crippen molar-refractivity contribution in [1.29, 1.82) is 0 Å². The summed E-state index contributed by atoms with van der Waals surface area (Å²) >= 11 is 0. The molecule has 3 aromatic rings. The van der Waals surface area contributed by atoms with Crippen molar-refractivity contribution in [1.82, 2.24) is 4.57 Å². The van der Waals surface area contributed by atoms with Crippen molar-refractivity contribution in [3.8, 4) is 11.5 Å². The summed E-state index contributed by atoms with van der Waals surface area (Å²) in [4.78, 5) is 35.0. The zero-order valence-electron chi connectivity index (χ0n) is 15.0. The second-order valence-corrected chi connectivity index (χ2v) is 6.33. The van der Waals surface area contributed by atoms with Crippen LogP contribution >= 0.6 is 0 Å². The molecule has 0 bridgehead atoms. The van der Waals surface area contributed by atoms with Crippen molar-refractivity contribution in [2.75, 3.05) is 12.1 Å². The predicted molar refractivity (Wildman–Crippen MR) is 103 cm³/mol. The van der Waals surface area contributed by atoms with Crippen LogP contribution in [-0.4, -0.2) is 22.2 Å². The molecule has 2 heterocycles. The lowest BCUT2D eigenvalue weighted by Gasteiger charge is -2.10. The number of nitrogens with zero attached hydrogens (tertiary/aromatic N) is 2. The Bertz CT molecular complexity index is 1150. The number of aromatic nitrogens is 1. The predicted octanol–water partition coefficient (Wildman–Crippen LogP) is 2.79. The monoisotopic (exact) mass is 393 g/mol. The Morgan fingerprint density at radius 2 is 1.83 bits per heavy atom. The second kappa shape index (κ2) is 7.47. The summed E-state index contributed by atoms with van der Waals surface area (Å²) in [5.41, 5.74) is 1.21. The van der Waals surface area contributed by atoms with Gasteiger partial charge in [0.25, 0.3) is 17.2 Å². The Morgan fingerprint density at radius 1 is 1.07 bits per heavy atom. The summed E-state index contributed by atoms with van der Waals surface area (Å²) in [6.07, 6.45) is 1.45. The Hall–Kier alpha value is -4.14. The summed E-state index contributed by atoms with van der Waals surface area (Å²) in [6.45, 7) is 0.322. The maximum absolute atomic E-state index is 12.6. The molecule has 9 nitrogen and oxygen atoms in total. The molecule has 1 amide bonds. The average Bonchev–Trinajstić information content (AvgIpc) is 3.18. The number of non-ortho nitro benzene ring substituents is 1. The normalized spacial score (nSPS) is 11.9. The number of carbonyl (C=O) groups excluding carboxylic acids is 1. The van der Waals surface area contributed by atoms with Crippen LogP contribution in [0.4, 0.5) is 11.4 Å². The molecule has 0 saturated carbocycles. The highest BCUT2D eigenvalue weighted by atomic mass is 16.7. The molecule has 0 radical (unpaired) electrons. The van der Waals surface area contributed by atoms with Gasteiger partial charge in [-0.2, -0.15) is 0 Å². The van der Waals surface area contributed by atoms with E-state index >= 15 is 0 Å². The molecule has 0 spiro atoms. The summed E-state index contributed by atoms with van der Waals surface area (Å²) in [7, 11) is 0. The van der Waals surface area contributed by atoms with Gasteiger partial charge in [0.2, 0.25) is 6.79 Å². The van der Waals surface area contributed by atoms with E-state index in [1.54, 1.807) is 30.3 Å². The number of rotatable bonds is 5. The third kappa shape index (κ3) is 3.93. The first-order chi connectivity index (χ1) is 14.0. The van der Waals surface area contributed by atoms with E-state index in [0.29, 0.717) is 28.3 Å². The first-order valence-electron chi connectivity index (χ1n) is 8.64. The molecule has 9 heteroatoms. The summed E-state index contributed by atoms with van der Waals surface area (Å²) in [6, 6.07) is 13.7. The van der Waals surface area contributed by atoms with Crippen molar-refractivity contribution >= 4 is 17.3 Å². The van der Waals surface area contributed by atoms with Gasteiger partial charge >= 0.3 is 0 Å². The second-order valence-electron chi connectivity index (χ2n) is 6.33. The molecule has 1 N–H and O–H groups in total. The number of hydrogen-bond donors (Lipinski definition) is 1. The van der Waals surface area contributed by atoms with Crippen LogP contribution in [0.15, 0.2) is 65.6 Å². The van der Waals surface area contributed by atoms with E-state index in [0.717, 1.165) is 0 Å². The fourth-order valence-corrected chi connectivity index (χ4v) is 2.89. The zero-order chi connectivity index (χ0) is 20.4. The van der Waals surface area contributed by atoms with Crippen LogP contribution in [0, 0.1) is 10.1 Å². The van der Waals surface area contributed by atoms with Crippen LogP contribution in [0.25, 0.3) is 0 Å². The summed E-state index contributed by atoms with van der Waals surface area (Å²) in [5, 5.41) is 13.5. The zero-order valence-corrected chi connectivity index (χ0v) is 15.0. The summed E-state index contributed by atoms with van der Waals surface area (Å²) < 4.78 is 11.9. The highest BCUT2D eigenvalue weighted by molar-refractivity contribution is 6.04. The molecular weight excluding hydrogens is 378 g/mol. The number of anilines is 1. The number of nitrogens with one attached hydrogen (secondary N) is 1. The number of benzene rings is 2. The Labute approximate surface area is 164 Å². The van der Waals surface area contributed by atoms with Crippen LogP contribution in [0.3, 0.4) is 0 Å². The number of carbonyl (C=O) groups is 1. The molecule has 4 rings (SSSR count). The SMILES string of the molecule is O=C(Nc1ccc2c(c1)OCO2)c1ccc(=O)n(Cc2ccc([N+](=O)[O-])cc2)c1. The molecule has 1 aliphatic heterocycles. The number of pyridine rings is 1.